The lowest BCUT2D eigenvalue weighted by molar-refractivity contribution is 0.0661. The van der Waals surface area contributed by atoms with E-state index < -0.39 is 0 Å². The van der Waals surface area contributed by atoms with Crippen molar-refractivity contribution in [3.63, 3.8) is 0 Å². The van der Waals surface area contributed by atoms with E-state index in [0.717, 1.165) is 31.7 Å². The summed E-state index contributed by atoms with van der Waals surface area (Å²) in [7, 11) is 2.05. The predicted octanol–water partition coefficient (Wildman–Crippen LogP) is 1.09. The van der Waals surface area contributed by atoms with E-state index >= 15 is 0 Å². The van der Waals surface area contributed by atoms with Crippen molar-refractivity contribution in [3.8, 4) is 5.75 Å². The molecule has 0 radical (unpaired) electrons. The first-order chi connectivity index (χ1) is 8.09. The Morgan fingerprint density at radius 1 is 1.24 bits per heavy atom. The van der Waals surface area contributed by atoms with Gasteiger partial charge in [-0.15, -0.1) is 0 Å². The minimum atomic E-state index is -0.0701. The van der Waals surface area contributed by atoms with Crippen LogP contribution in [0.4, 0.5) is 0 Å². The molecule has 0 bridgehead atoms. The molecule has 1 amide bonds. The zero-order chi connectivity index (χ0) is 12.4. The Bertz CT molecular complexity index is 423. The van der Waals surface area contributed by atoms with E-state index in [1.807, 2.05) is 7.05 Å². The second kappa shape index (κ2) is 4.75. The van der Waals surface area contributed by atoms with Crippen LogP contribution in [0.3, 0.4) is 0 Å². The van der Waals surface area contributed by atoms with Gasteiger partial charge in [0.25, 0.3) is 5.91 Å². The maximum Gasteiger partial charge on any atom is 0.257 e. The lowest BCUT2D eigenvalue weighted by atomic mass is 10.1. The Morgan fingerprint density at radius 2 is 1.88 bits per heavy atom. The molecule has 1 heterocycles. The fraction of sp³-hybridized carbons (Fsp3) is 0.462. The quantitative estimate of drug-likeness (QED) is 0.791. The van der Waals surface area contributed by atoms with Gasteiger partial charge in [0.15, 0.2) is 0 Å². The first-order valence-electron chi connectivity index (χ1n) is 5.86. The molecular formula is C13H18N2O2. The number of aryl methyl sites for hydroxylation is 1. The highest BCUT2D eigenvalue weighted by atomic mass is 16.3. The second-order valence-electron chi connectivity index (χ2n) is 4.57. The number of phenols is 1. The summed E-state index contributed by atoms with van der Waals surface area (Å²) in [5.41, 5.74) is 1.15. The van der Waals surface area contributed by atoms with Crippen LogP contribution < -0.4 is 0 Å². The SMILES string of the molecule is Cc1cccc(C(=O)N2CCN(C)CC2)c1O. The van der Waals surface area contributed by atoms with Gasteiger partial charge in [-0.2, -0.15) is 0 Å². The molecule has 0 aliphatic carbocycles. The van der Waals surface area contributed by atoms with Gasteiger partial charge in [-0.1, -0.05) is 12.1 Å². The summed E-state index contributed by atoms with van der Waals surface area (Å²) in [6.07, 6.45) is 0. The predicted molar refractivity (Wildman–Crippen MR) is 66.2 cm³/mol. The minimum Gasteiger partial charge on any atom is -0.507 e. The van der Waals surface area contributed by atoms with Crippen molar-refractivity contribution in [2.45, 2.75) is 6.92 Å². The van der Waals surface area contributed by atoms with Crippen molar-refractivity contribution < 1.29 is 9.90 Å². The van der Waals surface area contributed by atoms with Gasteiger partial charge in [-0.3, -0.25) is 4.79 Å². The van der Waals surface area contributed by atoms with Crippen molar-refractivity contribution >= 4 is 5.91 Å². The normalized spacial score (nSPS) is 17.2. The van der Waals surface area contributed by atoms with E-state index in [1.54, 1.807) is 30.0 Å². The molecule has 1 aromatic carbocycles. The van der Waals surface area contributed by atoms with Crippen molar-refractivity contribution in [1.82, 2.24) is 9.80 Å². The Morgan fingerprint density at radius 3 is 2.53 bits per heavy atom. The number of nitrogens with zero attached hydrogens (tertiary/aromatic N) is 2. The standard InChI is InChI=1S/C13H18N2O2/c1-10-4-3-5-11(12(10)16)13(17)15-8-6-14(2)7-9-15/h3-5,16H,6-9H2,1-2H3. The van der Waals surface area contributed by atoms with E-state index in [9.17, 15) is 9.90 Å². The van der Waals surface area contributed by atoms with Crippen molar-refractivity contribution in [2.75, 3.05) is 33.2 Å². The summed E-state index contributed by atoms with van der Waals surface area (Å²) in [4.78, 5) is 16.2. The summed E-state index contributed by atoms with van der Waals surface area (Å²) in [5, 5.41) is 9.89. The Kier molecular flexibility index (Phi) is 3.33. The van der Waals surface area contributed by atoms with Crippen LogP contribution in [0.5, 0.6) is 5.75 Å². The summed E-state index contributed by atoms with van der Waals surface area (Å²) in [6.45, 7) is 5.03. The number of carbonyl (C=O) groups excluding carboxylic acids is 1. The number of likely N-dealkylation sites (N-methyl/N-ethyl adjacent to an activating group) is 1. The topological polar surface area (TPSA) is 43.8 Å². The van der Waals surface area contributed by atoms with Crippen LogP contribution >= 0.6 is 0 Å². The Labute approximate surface area is 101 Å². The summed E-state index contributed by atoms with van der Waals surface area (Å²) < 4.78 is 0. The molecule has 0 saturated carbocycles. The first kappa shape index (κ1) is 11.9. The number of piperazine rings is 1. The molecule has 1 aliphatic heterocycles. The lowest BCUT2D eigenvalue weighted by Crippen LogP contribution is -2.47. The number of amides is 1. The third-order valence-corrected chi connectivity index (χ3v) is 3.26. The van der Waals surface area contributed by atoms with Gasteiger partial charge < -0.3 is 14.9 Å². The molecule has 1 aliphatic rings. The van der Waals surface area contributed by atoms with Crippen LogP contribution in [0.15, 0.2) is 18.2 Å². The number of benzene rings is 1. The third-order valence-electron chi connectivity index (χ3n) is 3.26. The molecule has 1 aromatic rings. The lowest BCUT2D eigenvalue weighted by Gasteiger charge is -2.32. The largest absolute Gasteiger partial charge is 0.507 e. The summed E-state index contributed by atoms with van der Waals surface area (Å²) >= 11 is 0. The number of rotatable bonds is 1. The third kappa shape index (κ3) is 2.42. The maximum atomic E-state index is 12.2. The van der Waals surface area contributed by atoms with E-state index in [-0.39, 0.29) is 11.7 Å². The van der Waals surface area contributed by atoms with E-state index in [0.29, 0.717) is 5.56 Å². The van der Waals surface area contributed by atoms with Crippen molar-refractivity contribution in [3.05, 3.63) is 29.3 Å². The zero-order valence-electron chi connectivity index (χ0n) is 10.3. The molecule has 1 N–H and O–H groups in total. The number of aromatic hydroxyl groups is 1. The summed E-state index contributed by atoms with van der Waals surface area (Å²) in [5.74, 6) is 0.0377. The molecule has 0 unspecified atom stereocenters. The van der Waals surface area contributed by atoms with E-state index in [2.05, 4.69) is 4.90 Å². The molecule has 0 atom stereocenters. The van der Waals surface area contributed by atoms with Crippen LogP contribution in [0, 0.1) is 6.92 Å². The van der Waals surface area contributed by atoms with Gasteiger partial charge in [-0.05, 0) is 25.6 Å². The Hall–Kier alpha value is -1.55. The summed E-state index contributed by atoms with van der Waals surface area (Å²) in [6, 6.07) is 5.29. The highest BCUT2D eigenvalue weighted by Crippen LogP contribution is 2.23. The molecular weight excluding hydrogens is 216 g/mol. The first-order valence-corrected chi connectivity index (χ1v) is 5.86. The fourth-order valence-electron chi connectivity index (χ4n) is 2.01. The molecule has 17 heavy (non-hydrogen) atoms. The molecule has 1 fully saturated rings. The average molecular weight is 234 g/mol. The molecule has 2 rings (SSSR count). The van der Waals surface area contributed by atoms with Gasteiger partial charge in [-0.25, -0.2) is 0 Å². The number of carbonyl (C=O) groups is 1. The molecule has 4 heteroatoms. The molecule has 1 saturated heterocycles. The molecule has 0 spiro atoms. The number of para-hydroxylation sites is 1. The second-order valence-corrected chi connectivity index (χ2v) is 4.57. The number of phenolic OH excluding ortho intramolecular Hbond substituents is 1. The Balaban J connectivity index is 2.17. The van der Waals surface area contributed by atoms with Crippen LogP contribution in [0.25, 0.3) is 0 Å². The van der Waals surface area contributed by atoms with E-state index in [1.165, 1.54) is 0 Å². The zero-order valence-corrected chi connectivity index (χ0v) is 10.3. The maximum absolute atomic E-state index is 12.2. The monoisotopic (exact) mass is 234 g/mol. The number of hydrogen-bond acceptors (Lipinski definition) is 3. The van der Waals surface area contributed by atoms with Crippen LogP contribution in [0.2, 0.25) is 0 Å². The van der Waals surface area contributed by atoms with Crippen molar-refractivity contribution in [2.24, 2.45) is 0 Å². The molecule has 0 aromatic heterocycles. The van der Waals surface area contributed by atoms with Gasteiger partial charge in [0.2, 0.25) is 0 Å². The highest BCUT2D eigenvalue weighted by Gasteiger charge is 2.22. The van der Waals surface area contributed by atoms with Gasteiger partial charge in [0, 0.05) is 26.2 Å². The molecule has 4 nitrogen and oxygen atoms in total. The van der Waals surface area contributed by atoms with E-state index in [4.69, 9.17) is 0 Å². The van der Waals surface area contributed by atoms with Crippen LogP contribution in [-0.4, -0.2) is 54.0 Å². The minimum absolute atomic E-state index is 0.0701. The van der Waals surface area contributed by atoms with Gasteiger partial charge in [0.05, 0.1) is 5.56 Å². The highest BCUT2D eigenvalue weighted by molar-refractivity contribution is 5.97. The molecule has 92 valence electrons. The van der Waals surface area contributed by atoms with Crippen LogP contribution in [-0.2, 0) is 0 Å². The van der Waals surface area contributed by atoms with Crippen molar-refractivity contribution in [1.29, 1.82) is 0 Å². The van der Waals surface area contributed by atoms with Crippen LogP contribution in [0.1, 0.15) is 15.9 Å². The average Bonchev–Trinajstić information content (AvgIpc) is 2.33. The van der Waals surface area contributed by atoms with Gasteiger partial charge >= 0.3 is 0 Å². The fourth-order valence-corrected chi connectivity index (χ4v) is 2.01. The van der Waals surface area contributed by atoms with Gasteiger partial charge in [0.1, 0.15) is 5.75 Å². The number of hydrogen-bond donors (Lipinski definition) is 1. The smallest absolute Gasteiger partial charge is 0.257 e.